The van der Waals surface area contributed by atoms with Gasteiger partial charge in [0.2, 0.25) is 5.91 Å². The van der Waals surface area contributed by atoms with E-state index in [0.29, 0.717) is 18.0 Å². The number of pyridine rings is 1. The van der Waals surface area contributed by atoms with Gasteiger partial charge < -0.3 is 10.6 Å². The molecule has 6 heteroatoms. The molecule has 0 aliphatic heterocycles. The first-order chi connectivity index (χ1) is 9.00. The lowest BCUT2D eigenvalue weighted by Gasteiger charge is -2.08. The molecule has 0 unspecified atom stereocenters. The molecule has 1 aromatic rings. The minimum atomic E-state index is -0.324. The minimum Gasteiger partial charge on any atom is -0.356 e. The Morgan fingerprint density at radius 2 is 2.11 bits per heavy atom. The van der Waals surface area contributed by atoms with E-state index in [2.05, 4.69) is 15.6 Å². The Balaban J connectivity index is 2.32. The van der Waals surface area contributed by atoms with Crippen LogP contribution in [0.5, 0.6) is 0 Å². The van der Waals surface area contributed by atoms with Gasteiger partial charge in [-0.15, -0.1) is 0 Å². The molecule has 1 aromatic heterocycles. The summed E-state index contributed by atoms with van der Waals surface area (Å²) in [6.45, 7) is 4.95. The summed E-state index contributed by atoms with van der Waals surface area (Å²) in [7, 11) is 0. The van der Waals surface area contributed by atoms with Crippen LogP contribution in [-0.4, -0.2) is 29.9 Å². The average molecular weight is 284 g/mol. The van der Waals surface area contributed by atoms with Crippen LogP contribution in [-0.2, 0) is 4.79 Å². The fourth-order valence-corrected chi connectivity index (χ4v) is 1.55. The van der Waals surface area contributed by atoms with Crippen molar-refractivity contribution in [1.29, 1.82) is 0 Å². The first-order valence-corrected chi connectivity index (χ1v) is 6.54. The second-order valence-electron chi connectivity index (χ2n) is 4.55. The first-order valence-electron chi connectivity index (χ1n) is 6.16. The Bertz CT molecular complexity index is 449. The first kappa shape index (κ1) is 15.4. The monoisotopic (exact) mass is 283 g/mol. The van der Waals surface area contributed by atoms with Gasteiger partial charge in [-0.2, -0.15) is 0 Å². The highest BCUT2D eigenvalue weighted by Crippen LogP contribution is 2.10. The third kappa shape index (κ3) is 5.70. The smallest absolute Gasteiger partial charge is 0.254 e. The lowest BCUT2D eigenvalue weighted by atomic mass is 10.2. The number of nitrogens with one attached hydrogen (secondary N) is 2. The van der Waals surface area contributed by atoms with E-state index < -0.39 is 0 Å². The summed E-state index contributed by atoms with van der Waals surface area (Å²) in [6, 6.07) is 3.22. The van der Waals surface area contributed by atoms with Gasteiger partial charge in [-0.1, -0.05) is 25.4 Å². The number of hydrogen-bond donors (Lipinski definition) is 2. The maximum absolute atomic E-state index is 11.7. The zero-order valence-corrected chi connectivity index (χ0v) is 11.8. The van der Waals surface area contributed by atoms with Crippen molar-refractivity contribution in [2.24, 2.45) is 5.92 Å². The van der Waals surface area contributed by atoms with Gasteiger partial charge in [-0.3, -0.25) is 9.59 Å². The minimum absolute atomic E-state index is 0.0775. The van der Waals surface area contributed by atoms with Crippen LogP contribution in [0.15, 0.2) is 18.3 Å². The van der Waals surface area contributed by atoms with Crippen molar-refractivity contribution < 1.29 is 9.59 Å². The van der Waals surface area contributed by atoms with Gasteiger partial charge in [0, 0.05) is 25.7 Å². The maximum Gasteiger partial charge on any atom is 0.254 e. The van der Waals surface area contributed by atoms with Crippen LogP contribution >= 0.6 is 11.6 Å². The molecule has 0 aliphatic rings. The Hall–Kier alpha value is -1.62. The Morgan fingerprint density at radius 3 is 2.74 bits per heavy atom. The summed E-state index contributed by atoms with van der Waals surface area (Å²) in [6.07, 6.45) is 1.76. The second-order valence-corrected chi connectivity index (χ2v) is 4.90. The third-order valence-electron chi connectivity index (χ3n) is 2.35. The molecule has 0 fully saturated rings. The molecular weight excluding hydrogens is 266 g/mol. The number of rotatable bonds is 6. The lowest BCUT2D eigenvalue weighted by molar-refractivity contribution is -0.121. The van der Waals surface area contributed by atoms with Gasteiger partial charge in [0.15, 0.2) is 0 Å². The van der Waals surface area contributed by atoms with Crippen molar-refractivity contribution in [2.45, 2.75) is 20.3 Å². The van der Waals surface area contributed by atoms with E-state index in [4.69, 9.17) is 11.6 Å². The lowest BCUT2D eigenvalue weighted by Crippen LogP contribution is -2.32. The van der Waals surface area contributed by atoms with Crippen LogP contribution in [0.4, 0.5) is 0 Å². The number of aromatic nitrogens is 1. The average Bonchev–Trinajstić information content (AvgIpc) is 2.36. The highest BCUT2D eigenvalue weighted by atomic mass is 35.5. The van der Waals surface area contributed by atoms with E-state index in [1.54, 1.807) is 12.1 Å². The zero-order chi connectivity index (χ0) is 14.3. The Labute approximate surface area is 117 Å². The predicted molar refractivity (Wildman–Crippen MR) is 74.0 cm³/mol. The van der Waals surface area contributed by atoms with E-state index >= 15 is 0 Å². The molecule has 0 aromatic carbocycles. The molecular formula is C13H18ClN3O2. The summed E-state index contributed by atoms with van der Waals surface area (Å²) in [5.41, 5.74) is 0.312. The fourth-order valence-electron chi connectivity index (χ4n) is 1.35. The largest absolute Gasteiger partial charge is 0.356 e. The molecule has 0 saturated carbocycles. The number of hydrogen-bond acceptors (Lipinski definition) is 3. The molecule has 5 nitrogen and oxygen atoms in total. The molecule has 0 spiro atoms. The topological polar surface area (TPSA) is 71.1 Å². The van der Waals surface area contributed by atoms with Crippen molar-refractivity contribution in [3.8, 4) is 0 Å². The molecule has 1 heterocycles. The molecule has 2 amide bonds. The molecule has 1 rings (SSSR count). The van der Waals surface area contributed by atoms with E-state index in [0.717, 1.165) is 0 Å². The number of carbonyl (C=O) groups excluding carboxylic acids is 2. The Morgan fingerprint density at radius 1 is 1.37 bits per heavy atom. The maximum atomic E-state index is 11.7. The number of carbonyl (C=O) groups is 2. The molecule has 0 saturated heterocycles. The van der Waals surface area contributed by atoms with Crippen molar-refractivity contribution in [3.63, 3.8) is 0 Å². The van der Waals surface area contributed by atoms with Crippen LogP contribution in [0, 0.1) is 5.92 Å². The number of amides is 2. The summed E-state index contributed by atoms with van der Waals surface area (Å²) >= 11 is 5.79. The van der Waals surface area contributed by atoms with Gasteiger partial charge in [0.25, 0.3) is 5.91 Å². The van der Waals surface area contributed by atoms with Gasteiger partial charge in [-0.05, 0) is 18.1 Å². The van der Waals surface area contributed by atoms with E-state index in [-0.39, 0.29) is 29.9 Å². The molecule has 0 radical (unpaired) electrons. The SMILES string of the molecule is CC(C)CNC(=O)CCNC(=O)c1cccnc1Cl. The highest BCUT2D eigenvalue weighted by molar-refractivity contribution is 6.32. The zero-order valence-electron chi connectivity index (χ0n) is 11.1. The number of halogens is 1. The molecule has 104 valence electrons. The van der Waals surface area contributed by atoms with E-state index in [1.165, 1.54) is 6.20 Å². The van der Waals surface area contributed by atoms with Crippen LogP contribution in [0.25, 0.3) is 0 Å². The molecule has 0 aliphatic carbocycles. The van der Waals surface area contributed by atoms with Crippen LogP contribution in [0.2, 0.25) is 5.15 Å². The molecule has 2 N–H and O–H groups in total. The van der Waals surface area contributed by atoms with Gasteiger partial charge in [0.1, 0.15) is 5.15 Å². The molecule has 19 heavy (non-hydrogen) atoms. The Kier molecular flexibility index (Phi) is 6.29. The quantitative estimate of drug-likeness (QED) is 0.780. The van der Waals surface area contributed by atoms with E-state index in [1.807, 2.05) is 13.8 Å². The van der Waals surface area contributed by atoms with Gasteiger partial charge in [-0.25, -0.2) is 4.98 Å². The molecule has 0 bridgehead atoms. The van der Waals surface area contributed by atoms with Gasteiger partial charge >= 0.3 is 0 Å². The molecule has 0 atom stereocenters. The number of nitrogens with zero attached hydrogens (tertiary/aromatic N) is 1. The van der Waals surface area contributed by atoms with Crippen molar-refractivity contribution in [3.05, 3.63) is 29.0 Å². The second kappa shape index (κ2) is 7.74. The van der Waals surface area contributed by atoms with Crippen LogP contribution < -0.4 is 10.6 Å². The fraction of sp³-hybridized carbons (Fsp3) is 0.462. The summed E-state index contributed by atoms with van der Waals surface area (Å²) < 4.78 is 0. The standard InChI is InChI=1S/C13H18ClN3O2/c1-9(2)8-17-11(18)5-7-16-13(19)10-4-3-6-15-12(10)14/h3-4,6,9H,5,7-8H2,1-2H3,(H,16,19)(H,17,18). The van der Waals surface area contributed by atoms with E-state index in [9.17, 15) is 9.59 Å². The van der Waals surface area contributed by atoms with Crippen molar-refractivity contribution >= 4 is 23.4 Å². The van der Waals surface area contributed by atoms with Crippen LogP contribution in [0.3, 0.4) is 0 Å². The van der Waals surface area contributed by atoms with Crippen LogP contribution in [0.1, 0.15) is 30.6 Å². The van der Waals surface area contributed by atoms with Crippen molar-refractivity contribution in [1.82, 2.24) is 15.6 Å². The van der Waals surface area contributed by atoms with Crippen molar-refractivity contribution in [2.75, 3.05) is 13.1 Å². The summed E-state index contributed by atoms with van der Waals surface area (Å²) in [5, 5.41) is 5.57. The third-order valence-corrected chi connectivity index (χ3v) is 2.65. The normalized spacial score (nSPS) is 10.3. The summed E-state index contributed by atoms with van der Waals surface area (Å²) in [5.74, 6) is 0.00813. The summed E-state index contributed by atoms with van der Waals surface area (Å²) in [4.78, 5) is 27.0. The van der Waals surface area contributed by atoms with Gasteiger partial charge in [0.05, 0.1) is 5.56 Å². The highest BCUT2D eigenvalue weighted by Gasteiger charge is 2.10. The predicted octanol–water partition coefficient (Wildman–Crippen LogP) is 1.63.